The molecule has 0 aromatic heterocycles. The lowest BCUT2D eigenvalue weighted by Gasteiger charge is -2.40. The average Bonchev–Trinajstić information content (AvgIpc) is 3.16. The number of fused-ring (bicyclic) bond motifs is 3. The van der Waals surface area contributed by atoms with Crippen LogP contribution < -0.4 is 0 Å². The maximum atomic E-state index is 11.7. The number of hydrogen-bond donors (Lipinski definition) is 0. The van der Waals surface area contributed by atoms with Gasteiger partial charge >= 0.3 is 0 Å². The molecule has 0 N–H and O–H groups in total. The van der Waals surface area contributed by atoms with Crippen LogP contribution in [-0.2, 0) is 21.0 Å². The van der Waals surface area contributed by atoms with Gasteiger partial charge in [0.25, 0.3) is 0 Å². The van der Waals surface area contributed by atoms with Crippen molar-refractivity contribution in [3.8, 4) is 11.1 Å². The quantitative estimate of drug-likeness (QED) is 0.171. The molecule has 0 radical (unpaired) electrons. The molecule has 2 aromatic rings. The molecule has 0 bridgehead atoms. The van der Waals surface area contributed by atoms with Crippen LogP contribution in [0.3, 0.4) is 0 Å². The number of benzene rings is 2. The second-order valence-corrected chi connectivity index (χ2v) is 13.2. The summed E-state index contributed by atoms with van der Waals surface area (Å²) in [5, 5.41) is 0. The van der Waals surface area contributed by atoms with Crippen molar-refractivity contribution < 1.29 is 4.79 Å². The van der Waals surface area contributed by atoms with E-state index in [9.17, 15) is 4.79 Å². The van der Waals surface area contributed by atoms with Crippen molar-refractivity contribution in [2.24, 2.45) is 0 Å². The van der Waals surface area contributed by atoms with Gasteiger partial charge in [-0.05, 0) is 81.7 Å². The summed E-state index contributed by atoms with van der Waals surface area (Å²) >= 11 is 3.97. The van der Waals surface area contributed by atoms with Crippen LogP contribution in [0.1, 0.15) is 97.4 Å². The second-order valence-electron chi connectivity index (χ2n) is 12.4. The molecule has 1 atom stereocenters. The molecule has 0 saturated carbocycles. The molecular weight excluding hydrogens is 540 g/mol. The van der Waals surface area contributed by atoms with E-state index in [1.807, 2.05) is 6.08 Å². The molecule has 0 spiro atoms. The molecule has 3 rings (SSSR count). The number of hydrogen-bond acceptors (Lipinski definition) is 1. The van der Waals surface area contributed by atoms with Gasteiger partial charge in [0.2, 0.25) is 0 Å². The average molecular weight is 586 g/mol. The molecule has 0 saturated heterocycles. The molecule has 1 unspecified atom stereocenters. The predicted octanol–water partition coefficient (Wildman–Crippen LogP) is 10.9. The minimum atomic E-state index is -0.590. The molecule has 0 heterocycles. The molecule has 0 aliphatic heterocycles. The molecule has 1 aliphatic carbocycles. The minimum Gasteiger partial charge on any atom is -0.299 e. The number of aldehydes is 1. The summed E-state index contributed by atoms with van der Waals surface area (Å²) in [4.78, 5) is 11.7. The van der Waals surface area contributed by atoms with Gasteiger partial charge in [0.05, 0.1) is 5.41 Å². The van der Waals surface area contributed by atoms with Crippen molar-refractivity contribution in [3.63, 3.8) is 0 Å². The van der Waals surface area contributed by atoms with Crippen LogP contribution >= 0.6 is 15.9 Å². The van der Waals surface area contributed by atoms with E-state index in [0.29, 0.717) is 0 Å². The third kappa shape index (κ3) is 5.78. The van der Waals surface area contributed by atoms with E-state index < -0.39 is 5.41 Å². The molecule has 1 nitrogen and oxygen atoms in total. The Balaban J connectivity index is 2.77. The lowest BCUT2D eigenvalue weighted by Crippen LogP contribution is -2.33. The van der Waals surface area contributed by atoms with Gasteiger partial charge in [0.15, 0.2) is 0 Å². The summed E-state index contributed by atoms with van der Waals surface area (Å²) in [5.74, 6) is 0. The zero-order valence-electron chi connectivity index (χ0n) is 25.3. The fourth-order valence-electron chi connectivity index (χ4n) is 5.78. The molecule has 0 fully saturated rings. The van der Waals surface area contributed by atoms with E-state index in [1.165, 1.54) is 39.0 Å². The van der Waals surface area contributed by atoms with Crippen LogP contribution in [0.15, 0.2) is 94.6 Å². The van der Waals surface area contributed by atoms with E-state index >= 15 is 0 Å². The van der Waals surface area contributed by atoms with Crippen LogP contribution in [0.25, 0.3) is 11.1 Å². The van der Waals surface area contributed by atoms with Gasteiger partial charge in [0, 0.05) is 10.0 Å². The Morgan fingerprint density at radius 2 is 1.64 bits per heavy atom. The number of carbonyl (C=O) groups excluding carboxylic acids is 1. The van der Waals surface area contributed by atoms with Gasteiger partial charge < -0.3 is 0 Å². The molecule has 39 heavy (non-hydrogen) atoms. The third-order valence-corrected chi connectivity index (χ3v) is 8.17. The Kier molecular flexibility index (Phi) is 9.65. The lowest BCUT2D eigenvalue weighted by molar-refractivity contribution is -0.104. The van der Waals surface area contributed by atoms with Gasteiger partial charge in [0.1, 0.15) is 6.29 Å². The fraction of sp³-hybridized carbons (Fsp3) is 0.378. The first kappa shape index (κ1) is 30.8. The predicted molar refractivity (Wildman–Crippen MR) is 174 cm³/mol. The number of allylic oxidation sites excluding steroid dienone is 10. The summed E-state index contributed by atoms with van der Waals surface area (Å²) in [6.45, 7) is 20.2. The van der Waals surface area contributed by atoms with Gasteiger partial charge in [-0.1, -0.05) is 138 Å². The van der Waals surface area contributed by atoms with E-state index in [2.05, 4.69) is 145 Å². The first-order valence-electron chi connectivity index (χ1n) is 14.2. The van der Waals surface area contributed by atoms with Gasteiger partial charge in [-0.25, -0.2) is 0 Å². The molecule has 2 heteroatoms. The monoisotopic (exact) mass is 584 g/mol. The van der Waals surface area contributed by atoms with Crippen molar-refractivity contribution in [3.05, 3.63) is 117 Å². The molecular formula is C37H45BrO. The highest BCUT2D eigenvalue weighted by Crippen LogP contribution is 2.61. The van der Waals surface area contributed by atoms with Crippen LogP contribution in [0.5, 0.6) is 0 Å². The SMILES string of the molecule is C\C=C/C(=C\C=C/CC)C1(C(/C=C\C=O)=C/CC)c2cccc(Br)c2-c2cc(C(C)(C)C)cc(C(C)(C)C)c21. The topological polar surface area (TPSA) is 17.1 Å². The lowest BCUT2D eigenvalue weighted by atomic mass is 9.62. The summed E-state index contributed by atoms with van der Waals surface area (Å²) in [5.41, 5.74) is 9.34. The summed E-state index contributed by atoms with van der Waals surface area (Å²) in [6, 6.07) is 11.4. The molecule has 0 amide bonds. The number of rotatable bonds is 8. The van der Waals surface area contributed by atoms with E-state index in [0.717, 1.165) is 29.2 Å². The first-order chi connectivity index (χ1) is 18.4. The maximum absolute atomic E-state index is 11.7. The Bertz CT molecular complexity index is 1370. The highest BCUT2D eigenvalue weighted by atomic mass is 79.9. The van der Waals surface area contributed by atoms with Crippen molar-refractivity contribution in [2.75, 3.05) is 0 Å². The summed E-state index contributed by atoms with van der Waals surface area (Å²) < 4.78 is 1.09. The second kappa shape index (κ2) is 12.2. The maximum Gasteiger partial charge on any atom is 0.142 e. The van der Waals surface area contributed by atoms with E-state index in [-0.39, 0.29) is 10.8 Å². The Morgan fingerprint density at radius 3 is 2.21 bits per heavy atom. The van der Waals surface area contributed by atoms with Crippen molar-refractivity contribution in [2.45, 2.75) is 91.4 Å². The van der Waals surface area contributed by atoms with Crippen molar-refractivity contribution >= 4 is 22.2 Å². The molecule has 2 aromatic carbocycles. The van der Waals surface area contributed by atoms with Crippen molar-refractivity contribution in [1.29, 1.82) is 0 Å². The smallest absolute Gasteiger partial charge is 0.142 e. The van der Waals surface area contributed by atoms with Gasteiger partial charge in [-0.15, -0.1) is 0 Å². The third-order valence-electron chi connectivity index (χ3n) is 7.51. The minimum absolute atomic E-state index is 0.00688. The highest BCUT2D eigenvalue weighted by Gasteiger charge is 2.50. The van der Waals surface area contributed by atoms with Crippen LogP contribution in [-0.4, -0.2) is 6.29 Å². The van der Waals surface area contributed by atoms with Crippen LogP contribution in [0.2, 0.25) is 0 Å². The molecule has 206 valence electrons. The van der Waals surface area contributed by atoms with E-state index in [1.54, 1.807) is 6.08 Å². The highest BCUT2D eigenvalue weighted by molar-refractivity contribution is 9.10. The molecule has 1 aliphatic rings. The summed E-state index contributed by atoms with van der Waals surface area (Å²) in [7, 11) is 0. The van der Waals surface area contributed by atoms with Crippen molar-refractivity contribution in [1.82, 2.24) is 0 Å². The zero-order valence-corrected chi connectivity index (χ0v) is 26.9. The Labute approximate surface area is 245 Å². The largest absolute Gasteiger partial charge is 0.299 e. The summed E-state index contributed by atoms with van der Waals surface area (Å²) in [6.07, 6.45) is 19.7. The van der Waals surface area contributed by atoms with Gasteiger partial charge in [-0.2, -0.15) is 0 Å². The first-order valence-corrected chi connectivity index (χ1v) is 15.0. The van der Waals surface area contributed by atoms with Gasteiger partial charge in [-0.3, -0.25) is 4.79 Å². The fourth-order valence-corrected chi connectivity index (χ4v) is 6.36. The van der Waals surface area contributed by atoms with Crippen LogP contribution in [0, 0.1) is 0 Å². The standard InChI is InChI=1S/C37H45BrO/c1-10-13-14-19-26(17-11-2)37(27(18-12-3)20-16-23-39)30-21-15-22-32(38)33(30)29-24-28(35(4,5)6)25-31(34(29)37)36(7,8)9/h11,13-25H,10,12H2,1-9H3/b14-13-,17-11-,20-16-,26-19+,27-18+. The Hall–Kier alpha value is -2.71. The number of carbonyl (C=O) groups is 1. The zero-order chi connectivity index (χ0) is 29.0. The Morgan fingerprint density at radius 1 is 0.923 bits per heavy atom. The normalized spacial score (nSPS) is 18.4. The number of halogens is 1. The van der Waals surface area contributed by atoms with Crippen LogP contribution in [0.4, 0.5) is 0 Å². The van der Waals surface area contributed by atoms with E-state index in [4.69, 9.17) is 0 Å².